The van der Waals surface area contributed by atoms with Gasteiger partial charge >= 0.3 is 13.2 Å². The van der Waals surface area contributed by atoms with Crippen LogP contribution in [0.15, 0.2) is 109 Å². The van der Waals surface area contributed by atoms with Gasteiger partial charge in [-0.15, -0.1) is 0 Å². The molecule has 266 valence electrons. The molecule has 0 spiro atoms. The van der Waals surface area contributed by atoms with Crippen LogP contribution in [0.1, 0.15) is 35.1 Å². The van der Waals surface area contributed by atoms with Gasteiger partial charge in [0.05, 0.1) is 25.0 Å². The summed E-state index contributed by atoms with van der Waals surface area (Å²) in [6, 6.07) is 33.3. The van der Waals surface area contributed by atoms with Crippen molar-refractivity contribution in [3.05, 3.63) is 131 Å². The number of ether oxygens (including phenoxy) is 2. The fourth-order valence-electron chi connectivity index (χ4n) is 5.18. The van der Waals surface area contributed by atoms with E-state index >= 15 is 0 Å². The number of carbonyl (C=O) groups is 2. The van der Waals surface area contributed by atoms with E-state index in [0.717, 1.165) is 0 Å². The second-order valence-corrected chi connectivity index (χ2v) is 11.1. The van der Waals surface area contributed by atoms with E-state index in [1.807, 2.05) is 0 Å². The van der Waals surface area contributed by atoms with E-state index in [4.69, 9.17) is 0 Å². The van der Waals surface area contributed by atoms with Crippen LogP contribution in [-0.4, -0.2) is 61.0 Å². The minimum atomic E-state index is -2.99. The van der Waals surface area contributed by atoms with Crippen LogP contribution in [0.5, 0.6) is 11.5 Å². The van der Waals surface area contributed by atoms with E-state index in [-0.39, 0.29) is 61.7 Å². The quantitative estimate of drug-likeness (QED) is 0.0622. The van der Waals surface area contributed by atoms with E-state index in [1.54, 1.807) is 72.8 Å². The minimum absolute atomic E-state index is 0.0000522. The van der Waals surface area contributed by atoms with Gasteiger partial charge in [-0.3, -0.25) is 9.59 Å². The Morgan fingerprint density at radius 2 is 0.904 bits per heavy atom. The first-order valence-electron chi connectivity index (χ1n) is 16.1. The van der Waals surface area contributed by atoms with Crippen molar-refractivity contribution >= 4 is 35.1 Å². The zero-order chi connectivity index (χ0) is 37.3. The molecule has 0 saturated carbocycles. The Bertz CT molecular complexity index is 1760. The molecular formula is C40H34F4N4O4. The van der Waals surface area contributed by atoms with Crippen molar-refractivity contribution in [3.8, 4) is 23.6 Å². The Balaban J connectivity index is 1.66. The number of rotatable bonds is 17. The lowest BCUT2D eigenvalue weighted by molar-refractivity contribution is -0.128. The Morgan fingerprint density at radius 3 is 1.21 bits per heavy atom. The summed E-state index contributed by atoms with van der Waals surface area (Å²) < 4.78 is 59.7. The molecule has 0 bridgehead atoms. The summed E-state index contributed by atoms with van der Waals surface area (Å²) in [5.41, 5.74) is 2.73. The first-order valence-corrected chi connectivity index (χ1v) is 16.1. The van der Waals surface area contributed by atoms with Crippen LogP contribution in [-0.2, 0) is 9.59 Å². The number of hydrogen-bond acceptors (Lipinski definition) is 6. The lowest BCUT2D eigenvalue weighted by Gasteiger charge is -2.29. The van der Waals surface area contributed by atoms with Gasteiger partial charge in [0, 0.05) is 37.3 Å². The highest BCUT2D eigenvalue weighted by atomic mass is 19.3. The summed E-state index contributed by atoms with van der Waals surface area (Å²) >= 11 is 0. The zero-order valence-electron chi connectivity index (χ0n) is 27.9. The molecule has 0 aliphatic heterocycles. The molecule has 52 heavy (non-hydrogen) atoms. The first-order chi connectivity index (χ1) is 25.2. The van der Waals surface area contributed by atoms with Gasteiger partial charge in [-0.05, 0) is 58.7 Å². The highest BCUT2D eigenvalue weighted by Gasteiger charge is 2.24. The van der Waals surface area contributed by atoms with E-state index in [1.165, 1.54) is 58.3 Å². The maximum Gasteiger partial charge on any atom is 0.387 e. The fourth-order valence-corrected chi connectivity index (χ4v) is 5.18. The van der Waals surface area contributed by atoms with E-state index < -0.39 is 25.0 Å². The number of carbonyl (C=O) groups excluding carboxylic acids is 2. The molecule has 0 saturated heterocycles. The Kier molecular flexibility index (Phi) is 14.5. The third kappa shape index (κ3) is 11.6. The third-order valence-electron chi connectivity index (χ3n) is 7.66. The Hall–Kier alpha value is -6.40. The highest BCUT2D eigenvalue weighted by molar-refractivity contribution is 6.25. The van der Waals surface area contributed by atoms with Crippen LogP contribution in [0, 0.1) is 22.7 Å². The van der Waals surface area contributed by atoms with Gasteiger partial charge in [-0.1, -0.05) is 84.9 Å². The number of alkyl halides is 4. The predicted octanol–water partition coefficient (Wildman–Crippen LogP) is 8.16. The zero-order valence-corrected chi connectivity index (χ0v) is 27.9. The summed E-state index contributed by atoms with van der Waals surface area (Å²) in [5, 5.41) is 18.9. The predicted molar refractivity (Wildman–Crippen MR) is 188 cm³/mol. The van der Waals surface area contributed by atoms with Crippen molar-refractivity contribution < 1.29 is 36.6 Å². The summed E-state index contributed by atoms with van der Waals surface area (Å²) in [6.07, 6.45) is 3.21. The number of halogens is 4. The third-order valence-corrected chi connectivity index (χ3v) is 7.66. The monoisotopic (exact) mass is 710 g/mol. The number of hydrogen-bond donors (Lipinski definition) is 0. The summed E-state index contributed by atoms with van der Waals surface area (Å²) in [6.45, 7) is -5.89. The number of amides is 2. The molecule has 0 unspecified atom stereocenters. The van der Waals surface area contributed by atoms with Crippen molar-refractivity contribution in [3.63, 3.8) is 0 Å². The van der Waals surface area contributed by atoms with Crippen molar-refractivity contribution in [2.75, 3.05) is 26.2 Å². The van der Waals surface area contributed by atoms with Gasteiger partial charge < -0.3 is 19.3 Å². The van der Waals surface area contributed by atoms with Crippen molar-refractivity contribution in [1.29, 1.82) is 10.5 Å². The molecule has 0 fully saturated rings. The maximum absolute atomic E-state index is 14.3. The van der Waals surface area contributed by atoms with Crippen molar-refractivity contribution in [2.24, 2.45) is 0 Å². The van der Waals surface area contributed by atoms with E-state index in [9.17, 15) is 37.7 Å². The van der Waals surface area contributed by atoms with Crippen LogP contribution < -0.4 is 9.47 Å². The smallest absolute Gasteiger partial charge is 0.387 e. The largest absolute Gasteiger partial charge is 0.435 e. The van der Waals surface area contributed by atoms with Crippen LogP contribution in [0.2, 0.25) is 0 Å². The Labute approximate surface area is 299 Å². The molecule has 0 N–H and O–H groups in total. The van der Waals surface area contributed by atoms with Crippen LogP contribution in [0.4, 0.5) is 17.6 Å². The van der Waals surface area contributed by atoms with Crippen molar-refractivity contribution in [2.45, 2.75) is 26.1 Å². The average Bonchev–Trinajstić information content (AvgIpc) is 3.15. The van der Waals surface area contributed by atoms with Crippen molar-refractivity contribution in [1.82, 2.24) is 9.80 Å². The minimum Gasteiger partial charge on any atom is -0.435 e. The molecule has 0 radical (unpaired) electrons. The molecule has 0 aromatic heterocycles. The van der Waals surface area contributed by atoms with Crippen LogP contribution >= 0.6 is 0 Å². The van der Waals surface area contributed by atoms with Gasteiger partial charge in [0.1, 0.15) is 11.5 Å². The molecule has 0 atom stereocenters. The second-order valence-electron chi connectivity index (χ2n) is 11.1. The molecule has 2 amide bonds. The number of nitriles is 2. The molecule has 0 aliphatic carbocycles. The number of nitrogens with zero attached hydrogens (tertiary/aromatic N) is 4. The molecule has 0 heterocycles. The van der Waals surface area contributed by atoms with Gasteiger partial charge in [0.25, 0.3) is 11.8 Å². The Morgan fingerprint density at radius 1 is 0.558 bits per heavy atom. The van der Waals surface area contributed by atoms with E-state index in [0.29, 0.717) is 22.3 Å². The summed E-state index contributed by atoms with van der Waals surface area (Å²) in [5.74, 6) is -0.961. The molecule has 4 rings (SSSR count). The van der Waals surface area contributed by atoms with Gasteiger partial charge in [0.15, 0.2) is 0 Å². The van der Waals surface area contributed by atoms with E-state index in [2.05, 4.69) is 21.6 Å². The molecule has 0 aliphatic rings. The average molecular weight is 711 g/mol. The van der Waals surface area contributed by atoms with Gasteiger partial charge in [-0.25, -0.2) is 0 Å². The topological polar surface area (TPSA) is 107 Å². The van der Waals surface area contributed by atoms with Gasteiger partial charge in [-0.2, -0.15) is 28.1 Å². The first kappa shape index (κ1) is 38.4. The van der Waals surface area contributed by atoms with Crippen LogP contribution in [0.3, 0.4) is 0 Å². The molecular weight excluding hydrogens is 676 g/mol. The SMILES string of the molecule is N#CCCN(CCN(CCC#N)C(=O)C(=Cc1ccc(OC(F)F)cc1)c1ccccc1)C(=O)C(=Cc1ccc(OC(F)F)cc1)c1ccccc1. The lowest BCUT2D eigenvalue weighted by atomic mass is 10.0. The summed E-state index contributed by atoms with van der Waals surface area (Å²) in [7, 11) is 0. The van der Waals surface area contributed by atoms with Crippen LogP contribution in [0.25, 0.3) is 23.3 Å². The maximum atomic E-state index is 14.3. The van der Waals surface area contributed by atoms with Gasteiger partial charge in [0.2, 0.25) is 0 Å². The molecule has 4 aromatic carbocycles. The fraction of sp³-hybridized carbons (Fsp3) is 0.200. The normalized spacial score (nSPS) is 11.5. The molecule has 4 aromatic rings. The summed E-state index contributed by atoms with van der Waals surface area (Å²) in [4.78, 5) is 31.4. The lowest BCUT2D eigenvalue weighted by Crippen LogP contribution is -2.42. The molecule has 8 nitrogen and oxygen atoms in total. The number of benzene rings is 4. The highest BCUT2D eigenvalue weighted by Crippen LogP contribution is 2.25. The molecule has 12 heteroatoms. The second kappa shape index (κ2) is 19.7. The standard InChI is InChI=1S/C40H34F4N4O4/c41-39(42)51-33-17-13-29(14-18-33)27-35(31-9-3-1-4-10-31)37(49)47(23-7-21-45)25-26-48(24-8-22-46)38(50)36(32-11-5-2-6-12-32)28-30-15-19-34(20-16-30)52-40(43)44/h1-6,9-20,27-28,39-40H,7-8,23-26H2.